The molecule has 0 amide bonds. The molecular formula is C24H21NO2. The molecule has 1 heterocycles. The summed E-state index contributed by atoms with van der Waals surface area (Å²) < 4.78 is 5.03. The maximum atomic E-state index is 12.4. The molecule has 0 spiro atoms. The van der Waals surface area contributed by atoms with Gasteiger partial charge in [-0.25, -0.2) is 4.79 Å². The van der Waals surface area contributed by atoms with Crippen LogP contribution in [0.4, 0.5) is 5.69 Å². The van der Waals surface area contributed by atoms with Crippen LogP contribution in [0.2, 0.25) is 0 Å². The Morgan fingerprint density at radius 2 is 1.78 bits per heavy atom. The molecule has 0 bridgehead atoms. The molecule has 3 aromatic rings. The van der Waals surface area contributed by atoms with Crippen molar-refractivity contribution in [2.45, 2.75) is 18.4 Å². The maximum Gasteiger partial charge on any atom is 0.339 e. The number of hydrogen-bond donors (Lipinski definition) is 1. The van der Waals surface area contributed by atoms with E-state index in [0.717, 1.165) is 12.1 Å². The van der Waals surface area contributed by atoms with Gasteiger partial charge in [-0.2, -0.15) is 0 Å². The third kappa shape index (κ3) is 2.46. The number of hydrogen-bond acceptors (Lipinski definition) is 3. The SMILES string of the molecule is COC(=O)c1cccc2c1NC(c1cccc3ccccc13)C1CC=CC21. The number of rotatable bonds is 2. The number of fused-ring (bicyclic) bond motifs is 4. The highest BCUT2D eigenvalue weighted by Crippen LogP contribution is 2.51. The van der Waals surface area contributed by atoms with E-state index in [4.69, 9.17) is 4.74 Å². The Morgan fingerprint density at radius 1 is 1.00 bits per heavy atom. The molecule has 0 fully saturated rings. The van der Waals surface area contributed by atoms with Gasteiger partial charge < -0.3 is 10.1 Å². The Hall–Kier alpha value is -3.07. The zero-order valence-corrected chi connectivity index (χ0v) is 15.2. The summed E-state index contributed by atoms with van der Waals surface area (Å²) >= 11 is 0. The van der Waals surface area contributed by atoms with Gasteiger partial charge in [-0.3, -0.25) is 0 Å². The molecule has 1 aliphatic heterocycles. The molecule has 0 saturated carbocycles. The average molecular weight is 355 g/mol. The summed E-state index contributed by atoms with van der Waals surface area (Å²) in [7, 11) is 1.44. The standard InChI is InChI=1S/C24H21NO2/c1-27-24(26)21-14-6-13-20-17-10-5-12-19(17)22(25-23(20)21)18-11-4-8-15-7-2-3-9-16(15)18/h2-11,13-14,17,19,22,25H,12H2,1H3. The summed E-state index contributed by atoms with van der Waals surface area (Å²) in [5.41, 5.74) is 4.00. The van der Waals surface area contributed by atoms with E-state index in [0.29, 0.717) is 17.4 Å². The highest BCUT2D eigenvalue weighted by atomic mass is 16.5. The smallest absolute Gasteiger partial charge is 0.339 e. The second-order valence-corrected chi connectivity index (χ2v) is 7.31. The van der Waals surface area contributed by atoms with Gasteiger partial charge in [0.1, 0.15) is 0 Å². The van der Waals surface area contributed by atoms with Gasteiger partial charge in [-0.15, -0.1) is 0 Å². The molecule has 27 heavy (non-hydrogen) atoms. The van der Waals surface area contributed by atoms with Crippen molar-refractivity contribution in [3.8, 4) is 0 Å². The van der Waals surface area contributed by atoms with Crippen molar-refractivity contribution in [3.05, 3.63) is 89.5 Å². The monoisotopic (exact) mass is 355 g/mol. The summed E-state index contributed by atoms with van der Waals surface area (Å²) in [5, 5.41) is 6.23. The van der Waals surface area contributed by atoms with E-state index in [9.17, 15) is 4.79 Å². The van der Waals surface area contributed by atoms with Crippen LogP contribution in [0, 0.1) is 5.92 Å². The molecule has 0 radical (unpaired) electrons. The molecule has 1 N–H and O–H groups in total. The van der Waals surface area contributed by atoms with Gasteiger partial charge in [0.25, 0.3) is 0 Å². The van der Waals surface area contributed by atoms with Crippen LogP contribution in [0.1, 0.15) is 39.9 Å². The van der Waals surface area contributed by atoms with E-state index in [1.54, 1.807) is 0 Å². The van der Waals surface area contributed by atoms with E-state index in [1.807, 2.05) is 12.1 Å². The van der Waals surface area contributed by atoms with Gasteiger partial charge >= 0.3 is 5.97 Å². The van der Waals surface area contributed by atoms with Crippen LogP contribution in [-0.2, 0) is 4.74 Å². The van der Waals surface area contributed by atoms with E-state index >= 15 is 0 Å². The second kappa shape index (κ2) is 6.27. The van der Waals surface area contributed by atoms with Gasteiger partial charge in [0, 0.05) is 5.92 Å². The van der Waals surface area contributed by atoms with Gasteiger partial charge in [-0.05, 0) is 40.3 Å². The first-order chi connectivity index (χ1) is 13.3. The molecule has 1 aliphatic carbocycles. The maximum absolute atomic E-state index is 12.4. The Balaban J connectivity index is 1.69. The minimum atomic E-state index is -0.295. The van der Waals surface area contributed by atoms with Crippen molar-refractivity contribution in [2.75, 3.05) is 12.4 Å². The third-order valence-corrected chi connectivity index (χ3v) is 5.96. The summed E-state index contributed by atoms with van der Waals surface area (Å²) in [5.74, 6) is 0.461. The van der Waals surface area contributed by atoms with Crippen LogP contribution >= 0.6 is 0 Å². The number of nitrogens with one attached hydrogen (secondary N) is 1. The Kier molecular flexibility index (Phi) is 3.75. The summed E-state index contributed by atoms with van der Waals surface area (Å²) in [6.07, 6.45) is 5.60. The summed E-state index contributed by atoms with van der Waals surface area (Å²) in [6, 6.07) is 21.1. The number of esters is 1. The predicted octanol–water partition coefficient (Wildman–Crippen LogP) is 5.45. The van der Waals surface area contributed by atoms with Gasteiger partial charge in [-0.1, -0.05) is 66.7 Å². The number of ether oxygens (including phenoxy) is 1. The van der Waals surface area contributed by atoms with Gasteiger partial charge in [0.2, 0.25) is 0 Å². The fourth-order valence-electron chi connectivity index (χ4n) is 4.73. The van der Waals surface area contributed by atoms with Crippen molar-refractivity contribution in [2.24, 2.45) is 5.92 Å². The molecule has 2 aliphatic rings. The van der Waals surface area contributed by atoms with Crippen LogP contribution in [-0.4, -0.2) is 13.1 Å². The molecule has 0 saturated heterocycles. The molecule has 3 unspecified atom stereocenters. The lowest BCUT2D eigenvalue weighted by Gasteiger charge is -2.38. The molecule has 3 nitrogen and oxygen atoms in total. The van der Waals surface area contributed by atoms with Crippen molar-refractivity contribution >= 4 is 22.4 Å². The molecule has 5 rings (SSSR count). The lowest BCUT2D eigenvalue weighted by Crippen LogP contribution is -2.30. The number of allylic oxidation sites excluding steroid dienone is 2. The zero-order valence-electron chi connectivity index (χ0n) is 15.2. The Labute approximate surface area is 158 Å². The topological polar surface area (TPSA) is 38.3 Å². The Morgan fingerprint density at radius 3 is 2.67 bits per heavy atom. The fraction of sp³-hybridized carbons (Fsp3) is 0.208. The van der Waals surface area contributed by atoms with Crippen LogP contribution in [0.5, 0.6) is 0 Å². The van der Waals surface area contributed by atoms with Gasteiger partial charge in [0.15, 0.2) is 0 Å². The molecule has 0 aromatic heterocycles. The van der Waals surface area contributed by atoms with Gasteiger partial charge in [0.05, 0.1) is 24.4 Å². The van der Waals surface area contributed by atoms with E-state index in [1.165, 1.54) is 29.0 Å². The normalized spacial score (nSPS) is 22.8. The largest absolute Gasteiger partial charge is 0.465 e. The third-order valence-electron chi connectivity index (χ3n) is 5.96. The van der Waals surface area contributed by atoms with Crippen molar-refractivity contribution in [3.63, 3.8) is 0 Å². The number of anilines is 1. The Bertz CT molecular complexity index is 1060. The molecular weight excluding hydrogens is 334 g/mol. The summed E-state index contributed by atoms with van der Waals surface area (Å²) in [4.78, 5) is 12.4. The predicted molar refractivity (Wildman–Crippen MR) is 108 cm³/mol. The van der Waals surface area contributed by atoms with E-state index in [-0.39, 0.29) is 12.0 Å². The lowest BCUT2D eigenvalue weighted by atomic mass is 9.75. The number of benzene rings is 3. The zero-order chi connectivity index (χ0) is 18.4. The average Bonchev–Trinajstić information content (AvgIpc) is 3.22. The van der Waals surface area contributed by atoms with Crippen LogP contribution < -0.4 is 5.32 Å². The fourth-order valence-corrected chi connectivity index (χ4v) is 4.73. The molecule has 134 valence electrons. The second-order valence-electron chi connectivity index (χ2n) is 7.31. The van der Waals surface area contributed by atoms with Crippen LogP contribution in [0.3, 0.4) is 0 Å². The minimum absolute atomic E-state index is 0.148. The molecule has 3 aromatic carbocycles. The number of carbonyl (C=O) groups excluding carboxylic acids is 1. The van der Waals surface area contributed by atoms with E-state index < -0.39 is 0 Å². The number of methoxy groups -OCH3 is 1. The highest BCUT2D eigenvalue weighted by Gasteiger charge is 2.39. The molecule has 3 atom stereocenters. The van der Waals surface area contributed by atoms with Crippen LogP contribution in [0.25, 0.3) is 10.8 Å². The van der Waals surface area contributed by atoms with E-state index in [2.05, 4.69) is 66.0 Å². The molecule has 3 heteroatoms. The quantitative estimate of drug-likeness (QED) is 0.490. The highest BCUT2D eigenvalue weighted by molar-refractivity contribution is 5.97. The van der Waals surface area contributed by atoms with Crippen molar-refractivity contribution < 1.29 is 9.53 Å². The first-order valence-corrected chi connectivity index (χ1v) is 9.40. The minimum Gasteiger partial charge on any atom is -0.465 e. The lowest BCUT2D eigenvalue weighted by molar-refractivity contribution is 0.0601. The number of para-hydroxylation sites is 1. The van der Waals surface area contributed by atoms with Crippen molar-refractivity contribution in [1.82, 2.24) is 0 Å². The summed E-state index contributed by atoms with van der Waals surface area (Å²) in [6.45, 7) is 0. The first kappa shape index (κ1) is 16.1. The van der Waals surface area contributed by atoms with Crippen molar-refractivity contribution in [1.29, 1.82) is 0 Å². The number of carbonyl (C=O) groups is 1. The first-order valence-electron chi connectivity index (χ1n) is 9.40. The van der Waals surface area contributed by atoms with Crippen LogP contribution in [0.15, 0.2) is 72.8 Å².